The van der Waals surface area contributed by atoms with E-state index in [-0.39, 0.29) is 42.8 Å². The van der Waals surface area contributed by atoms with Crippen LogP contribution in [0.1, 0.15) is 12.5 Å². The van der Waals surface area contributed by atoms with E-state index in [1.54, 1.807) is 18.5 Å². The third kappa shape index (κ3) is 4.10. The molecular formula is C18H22N5O6P. The highest BCUT2D eigenvalue weighted by atomic mass is 31.2. The molecule has 4 N–H and O–H groups in total. The maximum Gasteiger partial charge on any atom is 0.527 e. The molecule has 0 radical (unpaired) electrons. The summed E-state index contributed by atoms with van der Waals surface area (Å²) in [5.41, 5.74) is 6.84. The smallest absolute Gasteiger partial charge is 0.497 e. The maximum atomic E-state index is 12.4. The number of hydrogen-bond acceptors (Lipinski definition) is 9. The molecule has 2 heterocycles. The summed E-state index contributed by atoms with van der Waals surface area (Å²) in [7, 11) is -2.84. The quantitative estimate of drug-likeness (QED) is 0.446. The molecule has 3 aromatic rings. The van der Waals surface area contributed by atoms with Gasteiger partial charge in [0.05, 0.1) is 26.2 Å². The van der Waals surface area contributed by atoms with Crippen LogP contribution in [0.25, 0.3) is 11.2 Å². The molecule has 4 rings (SSSR count). The van der Waals surface area contributed by atoms with E-state index in [0.29, 0.717) is 23.3 Å². The number of imidazole rings is 1. The molecule has 0 bridgehead atoms. The zero-order valence-corrected chi connectivity index (χ0v) is 17.1. The summed E-state index contributed by atoms with van der Waals surface area (Å²) >= 11 is 0. The van der Waals surface area contributed by atoms with E-state index >= 15 is 0 Å². The summed E-state index contributed by atoms with van der Waals surface area (Å²) < 4.78 is 29.6. The Balaban J connectivity index is 1.45. The molecule has 0 spiro atoms. The summed E-state index contributed by atoms with van der Waals surface area (Å²) in [6, 6.07) is 6.11. The van der Waals surface area contributed by atoms with Gasteiger partial charge in [0.25, 0.3) is 0 Å². The molecule has 4 unspecified atom stereocenters. The predicted molar refractivity (Wildman–Crippen MR) is 107 cm³/mol. The van der Waals surface area contributed by atoms with Crippen LogP contribution in [0.4, 0.5) is 5.95 Å². The molecule has 160 valence electrons. The molecule has 11 nitrogen and oxygen atoms in total. The van der Waals surface area contributed by atoms with E-state index in [1.165, 1.54) is 25.4 Å². The van der Waals surface area contributed by atoms with E-state index in [9.17, 15) is 14.6 Å². The Morgan fingerprint density at radius 1 is 1.27 bits per heavy atom. The third-order valence-corrected chi connectivity index (χ3v) is 6.20. The highest BCUT2D eigenvalue weighted by Crippen LogP contribution is 2.50. The minimum Gasteiger partial charge on any atom is -0.497 e. The van der Waals surface area contributed by atoms with Gasteiger partial charge in [-0.1, -0.05) is 0 Å². The molecule has 30 heavy (non-hydrogen) atoms. The Kier molecular flexibility index (Phi) is 5.61. The molecular weight excluding hydrogens is 413 g/mol. The number of phosphoric acid groups is 1. The van der Waals surface area contributed by atoms with Crippen LogP contribution in [0.15, 0.2) is 36.8 Å². The highest BCUT2D eigenvalue weighted by molar-refractivity contribution is 7.47. The van der Waals surface area contributed by atoms with Crippen molar-refractivity contribution in [2.45, 2.75) is 12.5 Å². The summed E-state index contributed by atoms with van der Waals surface area (Å²) in [5.74, 6) is 0.577. The molecule has 4 atom stereocenters. The van der Waals surface area contributed by atoms with E-state index in [1.807, 2.05) is 4.57 Å². The highest BCUT2D eigenvalue weighted by Gasteiger charge is 2.44. The van der Waals surface area contributed by atoms with Crippen molar-refractivity contribution in [3.8, 4) is 11.5 Å². The average molecular weight is 435 g/mol. The molecule has 0 amide bonds. The standard InChI is InChI=1S/C18H22N5O6P/c1-27-12-2-4-13(5-3-12)29-30(25,26)28-9-14-11(8-24)6-16(14)23-10-21-15-7-20-18(19)22-17(15)23/h2-5,7,10-11,14,16,24H,6,8-9H2,1H3,(H,25,26)(H2,19,20,22). The SMILES string of the molecule is COc1ccc(OP(=O)(O)OCC2C(CO)CC2n2cnc3cnc(N)nc32)cc1. The van der Waals surface area contributed by atoms with Crippen molar-refractivity contribution in [2.75, 3.05) is 26.1 Å². The number of nitrogens with two attached hydrogens (primary N) is 1. The lowest BCUT2D eigenvalue weighted by molar-refractivity contribution is -0.00476. The summed E-state index contributed by atoms with van der Waals surface area (Å²) in [6.07, 6.45) is 3.80. The van der Waals surface area contributed by atoms with Crippen LogP contribution < -0.4 is 15.0 Å². The number of nitrogens with zero attached hydrogens (tertiary/aromatic N) is 4. The minimum absolute atomic E-state index is 0.0661. The number of anilines is 1. The Morgan fingerprint density at radius 2 is 2.00 bits per heavy atom. The van der Waals surface area contributed by atoms with Gasteiger partial charge in [0, 0.05) is 18.6 Å². The van der Waals surface area contributed by atoms with Gasteiger partial charge in [0.1, 0.15) is 17.0 Å². The molecule has 1 aliphatic carbocycles. The van der Waals surface area contributed by atoms with Crippen molar-refractivity contribution in [2.24, 2.45) is 11.8 Å². The van der Waals surface area contributed by atoms with Crippen molar-refractivity contribution in [3.63, 3.8) is 0 Å². The number of aromatic nitrogens is 4. The monoisotopic (exact) mass is 435 g/mol. The number of benzene rings is 1. The lowest BCUT2D eigenvalue weighted by Gasteiger charge is -2.44. The van der Waals surface area contributed by atoms with E-state index in [0.717, 1.165) is 0 Å². The number of ether oxygens (including phenoxy) is 1. The average Bonchev–Trinajstić information content (AvgIpc) is 3.10. The molecule has 12 heteroatoms. The van der Waals surface area contributed by atoms with Crippen LogP contribution >= 0.6 is 7.82 Å². The van der Waals surface area contributed by atoms with Crippen LogP contribution in [0, 0.1) is 11.8 Å². The molecule has 1 saturated carbocycles. The number of fused-ring (bicyclic) bond motifs is 1. The van der Waals surface area contributed by atoms with Crippen LogP contribution in [-0.2, 0) is 9.09 Å². The second-order valence-electron chi connectivity index (χ2n) is 7.03. The number of methoxy groups -OCH3 is 1. The van der Waals surface area contributed by atoms with Crippen molar-refractivity contribution in [3.05, 3.63) is 36.8 Å². The number of phosphoric ester groups is 1. The molecule has 1 aromatic carbocycles. The van der Waals surface area contributed by atoms with E-state index in [2.05, 4.69) is 15.0 Å². The fourth-order valence-corrected chi connectivity index (χ4v) is 4.42. The van der Waals surface area contributed by atoms with Crippen molar-refractivity contribution >= 4 is 24.9 Å². The van der Waals surface area contributed by atoms with Crippen molar-refractivity contribution < 1.29 is 28.3 Å². The van der Waals surface area contributed by atoms with Gasteiger partial charge >= 0.3 is 7.82 Å². The van der Waals surface area contributed by atoms with Gasteiger partial charge < -0.3 is 24.7 Å². The topological polar surface area (TPSA) is 155 Å². The van der Waals surface area contributed by atoms with E-state index < -0.39 is 7.82 Å². The van der Waals surface area contributed by atoms with Crippen LogP contribution in [0.5, 0.6) is 11.5 Å². The van der Waals surface area contributed by atoms with Gasteiger partial charge in [-0.15, -0.1) is 0 Å². The number of hydrogen-bond donors (Lipinski definition) is 3. The number of aliphatic hydroxyl groups is 1. The van der Waals surface area contributed by atoms with Gasteiger partial charge in [-0.2, -0.15) is 4.98 Å². The Hall–Kier alpha value is -2.72. The molecule has 0 aliphatic heterocycles. The number of nitrogen functional groups attached to an aromatic ring is 1. The molecule has 2 aromatic heterocycles. The molecule has 1 fully saturated rings. The first-order valence-electron chi connectivity index (χ1n) is 9.27. The van der Waals surface area contributed by atoms with Gasteiger partial charge in [-0.3, -0.25) is 9.42 Å². The largest absolute Gasteiger partial charge is 0.527 e. The third-order valence-electron chi connectivity index (χ3n) is 5.28. The first kappa shape index (κ1) is 20.5. The fraction of sp³-hybridized carbons (Fsp3) is 0.389. The number of rotatable bonds is 8. The minimum atomic E-state index is -4.36. The second kappa shape index (κ2) is 8.19. The zero-order valence-electron chi connectivity index (χ0n) is 16.2. The van der Waals surface area contributed by atoms with Crippen LogP contribution in [-0.4, -0.2) is 49.8 Å². The van der Waals surface area contributed by atoms with Gasteiger partial charge in [0.2, 0.25) is 5.95 Å². The Labute approximate surface area is 172 Å². The van der Waals surface area contributed by atoms with Crippen molar-refractivity contribution in [1.29, 1.82) is 0 Å². The maximum absolute atomic E-state index is 12.4. The van der Waals surface area contributed by atoms with Crippen LogP contribution in [0.2, 0.25) is 0 Å². The van der Waals surface area contributed by atoms with Crippen molar-refractivity contribution in [1.82, 2.24) is 19.5 Å². The molecule has 1 aliphatic rings. The van der Waals surface area contributed by atoms with Gasteiger partial charge in [0.15, 0.2) is 5.65 Å². The summed E-state index contributed by atoms with van der Waals surface area (Å²) in [6.45, 7) is -0.149. The second-order valence-corrected chi connectivity index (χ2v) is 8.41. The normalized spacial score (nSPS) is 23.0. The van der Waals surface area contributed by atoms with Gasteiger partial charge in [-0.25, -0.2) is 14.5 Å². The van der Waals surface area contributed by atoms with Gasteiger partial charge in [-0.05, 0) is 36.6 Å². The number of aliphatic hydroxyl groups excluding tert-OH is 1. The first-order valence-corrected chi connectivity index (χ1v) is 10.8. The summed E-state index contributed by atoms with van der Waals surface area (Å²) in [4.78, 5) is 22.5. The van der Waals surface area contributed by atoms with Crippen LogP contribution in [0.3, 0.4) is 0 Å². The first-order chi connectivity index (χ1) is 14.4. The summed E-state index contributed by atoms with van der Waals surface area (Å²) in [5, 5.41) is 9.64. The lowest BCUT2D eigenvalue weighted by Crippen LogP contribution is -2.43. The van der Waals surface area contributed by atoms with E-state index in [4.69, 9.17) is 19.5 Å². The fourth-order valence-electron chi connectivity index (χ4n) is 3.61. The predicted octanol–water partition coefficient (Wildman–Crippen LogP) is 1.78. The lowest BCUT2D eigenvalue weighted by atomic mass is 9.70. The zero-order chi connectivity index (χ0) is 21.3. The Bertz CT molecular complexity index is 1070. The Morgan fingerprint density at radius 3 is 2.70 bits per heavy atom. The molecule has 0 saturated heterocycles.